The number of hydrogen-bond acceptors (Lipinski definition) is 15. The average molecular weight is 894 g/mol. The minimum absolute atomic E-state index is 0.00319. The Morgan fingerprint density at radius 1 is 1.06 bits per heavy atom. The van der Waals surface area contributed by atoms with Gasteiger partial charge in [-0.2, -0.15) is 3.89 Å². The molecule has 2 N–H and O–H groups in total. The minimum atomic E-state index is -1.21. The van der Waals surface area contributed by atoms with E-state index in [2.05, 4.69) is 27.5 Å². The van der Waals surface area contributed by atoms with Crippen LogP contribution in [0, 0.1) is 17.8 Å². The number of ether oxygens (including phenoxy) is 5. The molecule has 350 valence electrons. The summed E-state index contributed by atoms with van der Waals surface area (Å²) in [5, 5.41) is 23.7. The number of cyclic esters (lactones) is 1. The maximum Gasteiger partial charge on any atom is 0.410 e. The van der Waals surface area contributed by atoms with E-state index in [1.54, 1.807) is 32.1 Å². The number of pyridine rings is 1. The number of esters is 1. The van der Waals surface area contributed by atoms with Crippen molar-refractivity contribution in [3.05, 3.63) is 30.6 Å². The summed E-state index contributed by atoms with van der Waals surface area (Å²) in [6, 6.07) is 4.67. The number of likely N-dealkylation sites (N-methyl/N-ethyl adjacent to an activating group) is 1. The Balaban J connectivity index is 0.00000273. The molecule has 0 aromatic carbocycles. The number of carbonyl (C=O) groups excluding carboxylic acids is 3. The van der Waals surface area contributed by atoms with Gasteiger partial charge in [-0.1, -0.05) is 32.1 Å². The summed E-state index contributed by atoms with van der Waals surface area (Å²) in [6.45, 7) is 16.6. The SMILES string of the molecule is CC[C@H]1OC(=O)[C@H](C)C(=O)[C@H](C)[C@@H](O[C@@H]2OC(C)CC(N(C)C)C2O)[C@](C)(OC)C[C@@H](C)CN[C@H](C)[C@H]2N(CCCCCn3cc(-c4ccccn4)nn3)C(=O)O[C@]12C.CSF. The number of fused-ring (bicyclic) bond motifs is 1. The van der Waals surface area contributed by atoms with Crippen molar-refractivity contribution in [2.75, 3.05) is 40.6 Å². The summed E-state index contributed by atoms with van der Waals surface area (Å²) in [6.07, 6.45) is 4.37. The number of halogens is 1. The number of methoxy groups -OCH3 is 1. The van der Waals surface area contributed by atoms with E-state index in [0.29, 0.717) is 51.0 Å². The number of nitrogens with zero attached hydrogens (tertiary/aromatic N) is 6. The van der Waals surface area contributed by atoms with Crippen molar-refractivity contribution in [1.29, 1.82) is 0 Å². The fraction of sp³-hybridized carbons (Fsp3) is 0.773. The quantitative estimate of drug-likeness (QED) is 0.150. The molecule has 0 aliphatic carbocycles. The summed E-state index contributed by atoms with van der Waals surface area (Å²) < 4.78 is 43.5. The highest BCUT2D eigenvalue weighted by Gasteiger charge is 2.58. The van der Waals surface area contributed by atoms with Gasteiger partial charge >= 0.3 is 12.1 Å². The number of aliphatic hydroxyl groups excluding tert-OH is 1. The second-order valence-corrected chi connectivity index (χ2v) is 18.2. The molecule has 0 radical (unpaired) electrons. The number of carbonyl (C=O) groups is 3. The highest BCUT2D eigenvalue weighted by Crippen LogP contribution is 2.40. The molecule has 0 bridgehead atoms. The number of aromatic nitrogens is 4. The number of hydrogen-bond donors (Lipinski definition) is 2. The summed E-state index contributed by atoms with van der Waals surface area (Å²) in [5.74, 6) is -3.13. The molecule has 3 unspecified atom stereocenters. The normalized spacial score (nSPS) is 35.0. The standard InChI is InChI=1S/C43H69N7O9.CH3FS/c1-12-34-43(8)37(50(41(54)59-43)21-17-13-16-20-49-25-32(46-47-49)31-18-14-15-19-44-31)30(6)45-24-26(2)23-42(7,55-11)38(28(4)35(51)29(5)39(53)57-34)58-40-36(52)33(48(9)10)22-27(3)56-40;1-3-2/h14-15,18-19,25-30,33-34,36-38,40,45,52H,12-13,16-17,20-24H2,1-11H3;1H3/t26-,27?,28+,29-,30-,33?,34-,36?,37-,38-,40+,42-,43-;/m1./s1. The molecular formula is C44H72FN7O9S. The number of rotatable bonds is 12. The highest BCUT2D eigenvalue weighted by atomic mass is 32.2. The van der Waals surface area contributed by atoms with Crippen LogP contribution in [0.5, 0.6) is 0 Å². The van der Waals surface area contributed by atoms with E-state index in [1.807, 2.05) is 82.7 Å². The van der Waals surface area contributed by atoms with Crippen LogP contribution in [0.15, 0.2) is 30.6 Å². The van der Waals surface area contributed by atoms with Crippen molar-refractivity contribution < 1.29 is 47.1 Å². The number of Topliss-reactive ketones (excluding diaryl/α,β-unsaturated/α-hetero) is 1. The number of ketones is 1. The van der Waals surface area contributed by atoms with Crippen LogP contribution < -0.4 is 5.32 Å². The average Bonchev–Trinajstić information content (AvgIpc) is 3.82. The van der Waals surface area contributed by atoms with Crippen LogP contribution in [0.3, 0.4) is 0 Å². The number of unbranched alkanes of at least 4 members (excludes halogenated alkanes) is 2. The minimum Gasteiger partial charge on any atom is -0.458 e. The van der Waals surface area contributed by atoms with Crippen molar-refractivity contribution in [3.8, 4) is 11.4 Å². The van der Waals surface area contributed by atoms with Gasteiger partial charge in [0.25, 0.3) is 0 Å². The molecule has 0 spiro atoms. The first-order chi connectivity index (χ1) is 29.3. The lowest BCUT2D eigenvalue weighted by Gasteiger charge is -2.46. The maximum absolute atomic E-state index is 14.4. The van der Waals surface area contributed by atoms with Crippen molar-refractivity contribution in [2.45, 2.75) is 160 Å². The predicted octanol–water partition coefficient (Wildman–Crippen LogP) is 5.72. The molecule has 16 nitrogen and oxygen atoms in total. The van der Waals surface area contributed by atoms with Gasteiger partial charge < -0.3 is 39.0 Å². The highest BCUT2D eigenvalue weighted by molar-refractivity contribution is 7.93. The first-order valence-electron chi connectivity index (χ1n) is 22.0. The Labute approximate surface area is 371 Å². The van der Waals surface area contributed by atoms with Gasteiger partial charge in [0.1, 0.15) is 23.8 Å². The largest absolute Gasteiger partial charge is 0.458 e. The Morgan fingerprint density at radius 3 is 2.39 bits per heavy atom. The van der Waals surface area contributed by atoms with E-state index >= 15 is 0 Å². The molecule has 1 amide bonds. The number of amides is 1. The fourth-order valence-electron chi connectivity index (χ4n) is 9.43. The van der Waals surface area contributed by atoms with Crippen molar-refractivity contribution in [3.63, 3.8) is 0 Å². The van der Waals surface area contributed by atoms with Gasteiger partial charge in [-0.25, -0.2) is 4.79 Å². The molecular weight excluding hydrogens is 822 g/mol. The van der Waals surface area contributed by atoms with E-state index in [1.165, 1.54) is 6.26 Å². The molecule has 2 aromatic rings. The van der Waals surface area contributed by atoms with Crippen molar-refractivity contribution >= 4 is 30.0 Å². The topological polar surface area (TPSA) is 180 Å². The zero-order valence-electron chi connectivity index (χ0n) is 38.8. The zero-order valence-corrected chi connectivity index (χ0v) is 39.6. The molecule has 18 heteroatoms. The second-order valence-electron chi connectivity index (χ2n) is 17.9. The summed E-state index contributed by atoms with van der Waals surface area (Å²) in [5.41, 5.74) is -0.770. The van der Waals surface area contributed by atoms with Crippen molar-refractivity contribution in [1.82, 2.24) is 35.1 Å². The zero-order chi connectivity index (χ0) is 45.9. The van der Waals surface area contributed by atoms with Crippen LogP contribution in [-0.4, -0.2) is 153 Å². The molecule has 2 aromatic heterocycles. The van der Waals surface area contributed by atoms with Gasteiger partial charge in [-0.05, 0) is 112 Å². The van der Waals surface area contributed by atoms with Crippen LogP contribution in [-0.2, 0) is 39.8 Å². The smallest absolute Gasteiger partial charge is 0.410 e. The summed E-state index contributed by atoms with van der Waals surface area (Å²) in [4.78, 5) is 50.2. The van der Waals surface area contributed by atoms with Gasteiger partial charge in [-0.15, -0.1) is 5.10 Å². The van der Waals surface area contributed by atoms with E-state index < -0.39 is 65.7 Å². The first-order valence-corrected chi connectivity index (χ1v) is 23.1. The second kappa shape index (κ2) is 23.1. The molecule has 0 saturated carbocycles. The van der Waals surface area contributed by atoms with Crippen LogP contribution in [0.25, 0.3) is 11.4 Å². The fourth-order valence-corrected chi connectivity index (χ4v) is 9.43. The monoisotopic (exact) mass is 894 g/mol. The van der Waals surface area contributed by atoms with Crippen LogP contribution in [0.1, 0.15) is 93.9 Å². The van der Waals surface area contributed by atoms with Crippen molar-refractivity contribution in [2.24, 2.45) is 17.8 Å². The van der Waals surface area contributed by atoms with Gasteiger partial charge in [0, 0.05) is 62.8 Å². The van der Waals surface area contributed by atoms with E-state index in [9.17, 15) is 23.4 Å². The number of aryl methyl sites for hydroxylation is 1. The summed E-state index contributed by atoms with van der Waals surface area (Å²) in [7, 11) is 5.40. The molecule has 5 heterocycles. The van der Waals surface area contributed by atoms with Crippen LogP contribution in [0.4, 0.5) is 8.68 Å². The van der Waals surface area contributed by atoms with E-state index in [4.69, 9.17) is 23.7 Å². The molecule has 3 saturated heterocycles. The van der Waals surface area contributed by atoms with Crippen LogP contribution >= 0.6 is 12.1 Å². The predicted molar refractivity (Wildman–Crippen MR) is 235 cm³/mol. The van der Waals surface area contributed by atoms with Gasteiger partial charge in [0.2, 0.25) is 0 Å². The molecule has 3 fully saturated rings. The van der Waals surface area contributed by atoms with Gasteiger partial charge in [0.15, 0.2) is 17.7 Å². The third kappa shape index (κ3) is 12.3. The molecule has 5 rings (SSSR count). The maximum atomic E-state index is 14.4. The third-order valence-corrected chi connectivity index (χ3v) is 12.8. The van der Waals surface area contributed by atoms with E-state index in [-0.39, 0.29) is 42.0 Å². The molecule has 3 aliphatic heterocycles. The molecule has 3 aliphatic rings. The third-order valence-electron chi connectivity index (χ3n) is 12.8. The Hall–Kier alpha value is -3.26. The summed E-state index contributed by atoms with van der Waals surface area (Å²) >= 11 is 0.250. The lowest BCUT2D eigenvalue weighted by Crippen LogP contribution is -2.61. The lowest BCUT2D eigenvalue weighted by molar-refractivity contribution is -0.295. The Morgan fingerprint density at radius 2 is 1.76 bits per heavy atom. The molecule has 62 heavy (non-hydrogen) atoms. The van der Waals surface area contributed by atoms with Gasteiger partial charge in [-0.3, -0.25) is 24.2 Å². The Kier molecular flexibility index (Phi) is 19.1. The Bertz CT molecular complexity index is 1730. The number of aliphatic hydroxyl groups is 1. The van der Waals surface area contributed by atoms with E-state index in [0.717, 1.165) is 18.5 Å². The van der Waals surface area contributed by atoms with Gasteiger partial charge in [0.05, 0.1) is 35.7 Å². The first kappa shape index (κ1) is 51.4. The molecule has 13 atom stereocenters. The number of nitrogens with one attached hydrogen (secondary N) is 1. The van der Waals surface area contributed by atoms with Crippen LogP contribution in [0.2, 0.25) is 0 Å². The lowest BCUT2D eigenvalue weighted by atomic mass is 9.78.